The summed E-state index contributed by atoms with van der Waals surface area (Å²) in [5.41, 5.74) is 0.425. The first-order valence-electron chi connectivity index (χ1n) is 16.1. The third-order valence-electron chi connectivity index (χ3n) is 7.85. The smallest absolute Gasteiger partial charge is 0.366 e. The average molecular weight is 726 g/mol. The molecule has 2 heterocycles. The second-order valence-electron chi connectivity index (χ2n) is 11.8. The fourth-order valence-corrected chi connectivity index (χ4v) is 5.82. The van der Waals surface area contributed by atoms with Gasteiger partial charge in [0.15, 0.2) is 12.2 Å². The molecule has 52 heavy (non-hydrogen) atoms. The van der Waals surface area contributed by atoms with E-state index in [1.54, 1.807) is 54.6 Å². The van der Waals surface area contributed by atoms with E-state index in [4.69, 9.17) is 37.6 Å². The van der Waals surface area contributed by atoms with Crippen LogP contribution in [0.3, 0.4) is 0 Å². The normalized spacial score (nSPS) is 20.8. The van der Waals surface area contributed by atoms with Crippen LogP contribution in [0.5, 0.6) is 0 Å². The van der Waals surface area contributed by atoms with Crippen LogP contribution >= 0.6 is 0 Å². The molecule has 0 spiro atoms. The number of fused-ring (bicyclic) bond motifs is 1. The highest BCUT2D eigenvalue weighted by atomic mass is 16.7. The number of hydrogen-bond donors (Lipinski definition) is 1. The van der Waals surface area contributed by atoms with Crippen LogP contribution in [0.4, 0.5) is 0 Å². The Morgan fingerprint density at radius 1 is 0.885 bits per heavy atom. The summed E-state index contributed by atoms with van der Waals surface area (Å²) in [6.45, 7) is 3.39. The van der Waals surface area contributed by atoms with E-state index in [0.29, 0.717) is 16.5 Å². The van der Waals surface area contributed by atoms with Crippen LogP contribution in [0.15, 0.2) is 69.9 Å². The molecule has 16 nitrogen and oxygen atoms in total. The quantitative estimate of drug-likeness (QED) is 0.143. The SMILES string of the molecule is COC(=O)C1(OCc2ccccc2)CC(OC(C)=O)C(NC(=O)Cc2cc(=O)oc3ccccc23)C([C@H](OC(C)=O)[C@@H](COC(C)=O)OC(C)=O)O1. The minimum absolute atomic E-state index is 0.227. The molecule has 1 saturated heterocycles. The highest BCUT2D eigenvalue weighted by Gasteiger charge is 2.59. The highest BCUT2D eigenvalue weighted by molar-refractivity contribution is 5.87. The number of rotatable bonds is 14. The van der Waals surface area contributed by atoms with E-state index >= 15 is 0 Å². The molecule has 1 fully saturated rings. The predicted octanol–water partition coefficient (Wildman–Crippen LogP) is 2.05. The fraction of sp³-hybridized carbons (Fsp3) is 0.417. The number of hydrogen-bond acceptors (Lipinski definition) is 15. The lowest BCUT2D eigenvalue weighted by atomic mass is 9.87. The van der Waals surface area contributed by atoms with Gasteiger partial charge in [0.2, 0.25) is 5.91 Å². The molecule has 1 aliphatic rings. The maximum Gasteiger partial charge on any atom is 0.366 e. The van der Waals surface area contributed by atoms with Crippen LogP contribution in [0.25, 0.3) is 11.0 Å². The van der Waals surface area contributed by atoms with Crippen molar-refractivity contribution in [2.24, 2.45) is 0 Å². The van der Waals surface area contributed by atoms with Crippen LogP contribution in [-0.2, 0) is 75.0 Å². The zero-order valence-corrected chi connectivity index (χ0v) is 29.1. The van der Waals surface area contributed by atoms with Gasteiger partial charge in [-0.05, 0) is 17.2 Å². The number of carbonyl (C=O) groups is 6. The van der Waals surface area contributed by atoms with E-state index in [1.165, 1.54) is 0 Å². The Balaban J connectivity index is 1.85. The lowest BCUT2D eigenvalue weighted by Crippen LogP contribution is -2.69. The van der Waals surface area contributed by atoms with Crippen molar-refractivity contribution < 1.29 is 66.3 Å². The van der Waals surface area contributed by atoms with Crippen molar-refractivity contribution in [2.45, 2.75) is 83.4 Å². The van der Waals surface area contributed by atoms with Gasteiger partial charge in [-0.3, -0.25) is 24.0 Å². The van der Waals surface area contributed by atoms with Crippen molar-refractivity contribution >= 4 is 46.7 Å². The van der Waals surface area contributed by atoms with Gasteiger partial charge in [-0.1, -0.05) is 48.5 Å². The molecular weight excluding hydrogens is 686 g/mol. The molecule has 3 aromatic rings. The number of carbonyl (C=O) groups excluding carboxylic acids is 6. The van der Waals surface area contributed by atoms with Crippen LogP contribution in [0.2, 0.25) is 0 Å². The summed E-state index contributed by atoms with van der Waals surface area (Å²) >= 11 is 0. The number of nitrogens with one attached hydrogen (secondary N) is 1. The summed E-state index contributed by atoms with van der Waals surface area (Å²) < 4.78 is 44.6. The third kappa shape index (κ3) is 10.2. The van der Waals surface area contributed by atoms with Crippen molar-refractivity contribution in [1.29, 1.82) is 0 Å². The van der Waals surface area contributed by atoms with Crippen molar-refractivity contribution in [3.8, 4) is 0 Å². The Morgan fingerprint density at radius 2 is 1.56 bits per heavy atom. The van der Waals surface area contributed by atoms with Crippen LogP contribution in [-0.4, -0.2) is 85.7 Å². The highest BCUT2D eigenvalue weighted by Crippen LogP contribution is 2.38. The summed E-state index contributed by atoms with van der Waals surface area (Å²) in [7, 11) is 1.07. The Kier molecular flexibility index (Phi) is 13.2. The molecule has 4 rings (SSSR count). The van der Waals surface area contributed by atoms with Crippen molar-refractivity contribution in [3.63, 3.8) is 0 Å². The van der Waals surface area contributed by atoms with E-state index in [0.717, 1.165) is 40.9 Å². The molecule has 0 radical (unpaired) electrons. The Hall–Kier alpha value is -5.61. The molecule has 0 aliphatic carbocycles. The maximum absolute atomic E-state index is 13.9. The van der Waals surface area contributed by atoms with Crippen LogP contribution in [0, 0.1) is 0 Å². The number of benzene rings is 2. The summed E-state index contributed by atoms with van der Waals surface area (Å²) in [4.78, 5) is 89.2. The van der Waals surface area contributed by atoms with Crippen LogP contribution in [0.1, 0.15) is 45.2 Å². The summed E-state index contributed by atoms with van der Waals surface area (Å²) in [5, 5.41) is 3.20. The number of esters is 5. The van der Waals surface area contributed by atoms with Gasteiger partial charge in [0, 0.05) is 39.1 Å². The number of para-hydroxylation sites is 1. The zero-order valence-electron chi connectivity index (χ0n) is 29.1. The number of amides is 1. The molecule has 1 amide bonds. The molecule has 16 heteroatoms. The topological polar surface area (TPSA) is 209 Å². The molecule has 1 N–H and O–H groups in total. The molecule has 0 saturated carbocycles. The summed E-state index contributed by atoms with van der Waals surface area (Å²) in [6, 6.07) is 14.9. The lowest BCUT2D eigenvalue weighted by Gasteiger charge is -2.48. The van der Waals surface area contributed by atoms with E-state index in [1.807, 2.05) is 0 Å². The zero-order chi connectivity index (χ0) is 38.0. The Bertz CT molecular complexity index is 1840. The van der Waals surface area contributed by atoms with Crippen molar-refractivity contribution in [1.82, 2.24) is 5.32 Å². The first-order valence-corrected chi connectivity index (χ1v) is 16.1. The standard InChI is InChI=1S/C36H39NO15/c1-20(38)46-19-29(49-22(3)40)33(50-23(4)41)34-32(37-30(42)15-25-16-31(43)51-27-14-10-9-13-26(25)27)28(48-21(2)39)17-36(52-34,35(44)45-5)47-18-24-11-7-6-8-12-24/h6-14,16,28-29,32-34H,15,17-19H2,1-5H3,(H,37,42)/t28?,29-,32?,33-,34?,36?/m1/s1. The van der Waals surface area contributed by atoms with Gasteiger partial charge >= 0.3 is 35.5 Å². The molecule has 1 aromatic heterocycles. The second kappa shape index (κ2) is 17.5. The average Bonchev–Trinajstić information content (AvgIpc) is 3.08. The van der Waals surface area contributed by atoms with Gasteiger partial charge in [0.25, 0.3) is 5.79 Å². The summed E-state index contributed by atoms with van der Waals surface area (Å²) in [6.07, 6.45) is -7.43. The Labute approximate surface area is 297 Å². The van der Waals surface area contributed by atoms with Crippen molar-refractivity contribution in [3.05, 3.63) is 82.2 Å². The Morgan fingerprint density at radius 3 is 2.19 bits per heavy atom. The van der Waals surface area contributed by atoms with E-state index in [-0.39, 0.29) is 12.2 Å². The van der Waals surface area contributed by atoms with Crippen molar-refractivity contribution in [2.75, 3.05) is 13.7 Å². The molecular formula is C36H39NO15. The van der Waals surface area contributed by atoms with E-state index in [2.05, 4.69) is 5.32 Å². The second-order valence-corrected chi connectivity index (χ2v) is 11.8. The van der Waals surface area contributed by atoms with E-state index < -0.39 is 97.1 Å². The molecule has 1 aliphatic heterocycles. The fourth-order valence-electron chi connectivity index (χ4n) is 5.82. The third-order valence-corrected chi connectivity index (χ3v) is 7.85. The largest absolute Gasteiger partial charge is 0.465 e. The van der Waals surface area contributed by atoms with Gasteiger partial charge in [-0.25, -0.2) is 9.59 Å². The molecule has 2 aromatic carbocycles. The predicted molar refractivity (Wildman–Crippen MR) is 177 cm³/mol. The first-order chi connectivity index (χ1) is 24.7. The minimum atomic E-state index is -2.37. The lowest BCUT2D eigenvalue weighted by molar-refractivity contribution is -0.317. The number of methoxy groups -OCH3 is 1. The van der Waals surface area contributed by atoms with Gasteiger partial charge in [0.1, 0.15) is 24.4 Å². The van der Waals surface area contributed by atoms with Gasteiger partial charge in [-0.15, -0.1) is 0 Å². The van der Waals surface area contributed by atoms with Crippen LogP contribution < -0.4 is 10.9 Å². The van der Waals surface area contributed by atoms with Gasteiger partial charge in [0.05, 0.1) is 32.6 Å². The first kappa shape index (κ1) is 39.2. The summed E-state index contributed by atoms with van der Waals surface area (Å²) in [5.74, 6) is -7.59. The molecule has 6 atom stereocenters. The maximum atomic E-state index is 13.9. The van der Waals surface area contributed by atoms with Gasteiger partial charge in [-0.2, -0.15) is 0 Å². The molecule has 4 unspecified atom stereocenters. The molecule has 278 valence electrons. The van der Waals surface area contributed by atoms with E-state index in [9.17, 15) is 33.6 Å². The van der Waals surface area contributed by atoms with Gasteiger partial charge < -0.3 is 42.9 Å². The molecule has 0 bridgehead atoms. The number of ether oxygens (including phenoxy) is 7. The monoisotopic (exact) mass is 725 g/mol. The minimum Gasteiger partial charge on any atom is -0.465 e.